The molecule has 0 aliphatic carbocycles. The van der Waals surface area contributed by atoms with Gasteiger partial charge in [0.25, 0.3) is 5.91 Å². The van der Waals surface area contributed by atoms with Crippen LogP contribution in [0.2, 0.25) is 0 Å². The minimum absolute atomic E-state index is 0.111. The Kier molecular flexibility index (Phi) is 4.11. The summed E-state index contributed by atoms with van der Waals surface area (Å²) < 4.78 is 1.26. The molecule has 1 aromatic heterocycles. The molecule has 6 nitrogen and oxygen atoms in total. The Balaban J connectivity index is 3.01. The maximum atomic E-state index is 12.0. The zero-order chi connectivity index (χ0) is 13.2. The van der Waals surface area contributed by atoms with Gasteiger partial charge in [-0.25, -0.2) is 4.57 Å². The fraction of sp³-hybridized carbons (Fsp3) is 0.500. The third-order valence-electron chi connectivity index (χ3n) is 2.71. The lowest BCUT2D eigenvalue weighted by Gasteiger charge is -2.21. The van der Waals surface area contributed by atoms with Crippen molar-refractivity contribution in [2.75, 3.05) is 12.9 Å². The van der Waals surface area contributed by atoms with Crippen molar-refractivity contribution in [2.45, 2.75) is 13.0 Å². The molecule has 1 aromatic rings. The quantitative estimate of drug-likeness (QED) is 0.469. The predicted octanol–water partition coefficient (Wildman–Crippen LogP) is 1.63. The van der Waals surface area contributed by atoms with E-state index in [2.05, 4.69) is 0 Å². The highest BCUT2D eigenvalue weighted by molar-refractivity contribution is 6.18. The largest absolute Gasteiger partial charge is 0.358 e. The van der Waals surface area contributed by atoms with E-state index in [1.807, 2.05) is 6.92 Å². The lowest BCUT2D eigenvalue weighted by Crippen LogP contribution is -2.37. The van der Waals surface area contributed by atoms with Crippen molar-refractivity contribution >= 4 is 23.3 Å². The first-order chi connectivity index (χ1) is 7.90. The monoisotopic (exact) mass is 259 g/mol. The lowest BCUT2D eigenvalue weighted by molar-refractivity contribution is -0.391. The molecule has 94 valence electrons. The highest BCUT2D eigenvalue weighted by atomic mass is 35.5. The van der Waals surface area contributed by atoms with E-state index in [9.17, 15) is 14.9 Å². The number of alkyl halides is 1. The van der Waals surface area contributed by atoms with Gasteiger partial charge in [0.2, 0.25) is 0 Å². The zero-order valence-corrected chi connectivity index (χ0v) is 10.6. The van der Waals surface area contributed by atoms with Crippen molar-refractivity contribution in [3.63, 3.8) is 0 Å². The summed E-state index contributed by atoms with van der Waals surface area (Å²) in [6, 6.07) is 2.63. The Morgan fingerprint density at radius 3 is 2.65 bits per heavy atom. The minimum atomic E-state index is -0.526. The summed E-state index contributed by atoms with van der Waals surface area (Å²) in [5.74, 6) is -0.0802. The molecule has 0 aliphatic heterocycles. The number of rotatable bonds is 4. The van der Waals surface area contributed by atoms with E-state index in [1.54, 1.807) is 7.05 Å². The molecule has 1 amide bonds. The fourth-order valence-electron chi connectivity index (χ4n) is 1.38. The number of aromatic nitrogens is 1. The molecule has 0 N–H and O–H groups in total. The average Bonchev–Trinajstić information content (AvgIpc) is 2.68. The summed E-state index contributed by atoms with van der Waals surface area (Å²) >= 11 is 5.66. The van der Waals surface area contributed by atoms with Gasteiger partial charge in [-0.2, -0.15) is 0 Å². The first kappa shape index (κ1) is 13.5. The van der Waals surface area contributed by atoms with Gasteiger partial charge in [0.15, 0.2) is 5.69 Å². The smallest absolute Gasteiger partial charge is 0.323 e. The van der Waals surface area contributed by atoms with Crippen LogP contribution in [0.5, 0.6) is 0 Å². The van der Waals surface area contributed by atoms with Crippen LogP contribution in [0.1, 0.15) is 17.4 Å². The van der Waals surface area contributed by atoms with E-state index < -0.39 is 4.92 Å². The molecular formula is C10H14ClN3O3. The van der Waals surface area contributed by atoms with Crippen LogP contribution in [-0.4, -0.2) is 39.3 Å². The van der Waals surface area contributed by atoms with Gasteiger partial charge in [-0.05, 0) is 17.9 Å². The minimum Gasteiger partial charge on any atom is -0.358 e. The molecule has 0 fully saturated rings. The Hall–Kier alpha value is -1.56. The molecule has 0 aliphatic rings. The van der Waals surface area contributed by atoms with Gasteiger partial charge in [-0.15, -0.1) is 11.6 Å². The Labute approximate surface area is 104 Å². The molecule has 0 radical (unpaired) electrons. The van der Waals surface area contributed by atoms with Gasteiger partial charge in [-0.3, -0.25) is 4.79 Å². The van der Waals surface area contributed by atoms with Crippen molar-refractivity contribution in [1.29, 1.82) is 0 Å². The van der Waals surface area contributed by atoms with Crippen LogP contribution >= 0.6 is 11.6 Å². The van der Waals surface area contributed by atoms with E-state index in [4.69, 9.17) is 11.6 Å². The van der Waals surface area contributed by atoms with E-state index >= 15 is 0 Å². The van der Waals surface area contributed by atoms with Crippen LogP contribution in [0.3, 0.4) is 0 Å². The number of hydrogen-bond donors (Lipinski definition) is 0. The Morgan fingerprint density at radius 2 is 2.24 bits per heavy atom. The zero-order valence-electron chi connectivity index (χ0n) is 9.88. The summed E-state index contributed by atoms with van der Waals surface area (Å²) in [7, 11) is 3.11. The third-order valence-corrected chi connectivity index (χ3v) is 3.15. The third kappa shape index (κ3) is 2.58. The van der Waals surface area contributed by atoms with Crippen molar-refractivity contribution in [3.8, 4) is 0 Å². The molecule has 0 saturated carbocycles. The second-order valence-electron chi connectivity index (χ2n) is 3.81. The van der Waals surface area contributed by atoms with Crippen molar-refractivity contribution in [2.24, 2.45) is 7.05 Å². The second kappa shape index (κ2) is 5.18. The number of nitro groups is 1. The number of amides is 1. The van der Waals surface area contributed by atoms with Gasteiger partial charge in [0.05, 0.1) is 7.05 Å². The summed E-state index contributed by atoms with van der Waals surface area (Å²) in [5.41, 5.74) is 0.274. The molecule has 1 heterocycles. The molecule has 7 heteroatoms. The molecule has 17 heavy (non-hydrogen) atoms. The highest BCUT2D eigenvalue weighted by Crippen LogP contribution is 2.17. The molecule has 1 atom stereocenters. The standard InChI is InChI=1S/C10H14ClN3O3/c1-7(6-11)12(2)10(15)8-4-5-9(13(8)3)14(16)17/h4-5,7H,6H2,1-3H3. The van der Waals surface area contributed by atoms with Crippen LogP contribution in [0.4, 0.5) is 5.82 Å². The normalized spacial score (nSPS) is 12.2. The maximum Gasteiger partial charge on any atom is 0.323 e. The van der Waals surface area contributed by atoms with Crippen molar-refractivity contribution in [1.82, 2.24) is 9.47 Å². The topological polar surface area (TPSA) is 68.4 Å². The average molecular weight is 260 g/mol. The summed E-state index contributed by atoms with van der Waals surface area (Å²) in [5, 5.41) is 10.7. The van der Waals surface area contributed by atoms with Crippen molar-refractivity contribution < 1.29 is 9.72 Å². The summed E-state index contributed by atoms with van der Waals surface area (Å²) in [6.45, 7) is 1.81. The van der Waals surface area contributed by atoms with E-state index in [-0.39, 0.29) is 23.5 Å². The van der Waals surface area contributed by atoms with Gasteiger partial charge in [0.1, 0.15) is 0 Å². The fourth-order valence-corrected chi connectivity index (χ4v) is 1.59. The molecule has 0 spiro atoms. The van der Waals surface area contributed by atoms with Gasteiger partial charge >= 0.3 is 5.82 Å². The molecule has 0 saturated heterocycles. The van der Waals surface area contributed by atoms with Gasteiger partial charge < -0.3 is 15.0 Å². The van der Waals surface area contributed by atoms with Crippen LogP contribution in [0.15, 0.2) is 12.1 Å². The SMILES string of the molecule is CC(CCl)N(C)C(=O)c1ccc([N+](=O)[O-])n1C. The lowest BCUT2D eigenvalue weighted by atomic mass is 10.3. The number of hydrogen-bond acceptors (Lipinski definition) is 3. The summed E-state index contributed by atoms with van der Waals surface area (Å²) in [4.78, 5) is 23.6. The Bertz CT molecular complexity index is 444. The number of carbonyl (C=O) groups excluding carboxylic acids is 1. The number of carbonyl (C=O) groups is 1. The van der Waals surface area contributed by atoms with Crippen LogP contribution in [-0.2, 0) is 7.05 Å². The van der Waals surface area contributed by atoms with Gasteiger partial charge in [0, 0.05) is 25.0 Å². The molecule has 0 bridgehead atoms. The maximum absolute atomic E-state index is 12.0. The predicted molar refractivity (Wildman–Crippen MR) is 64.3 cm³/mol. The first-order valence-corrected chi connectivity index (χ1v) is 5.56. The second-order valence-corrected chi connectivity index (χ2v) is 4.12. The van der Waals surface area contributed by atoms with Gasteiger partial charge in [-0.1, -0.05) is 0 Å². The molecular weight excluding hydrogens is 246 g/mol. The summed E-state index contributed by atoms with van der Waals surface area (Å²) in [6.07, 6.45) is 0. The number of halogens is 1. The first-order valence-electron chi connectivity index (χ1n) is 5.03. The van der Waals surface area contributed by atoms with E-state index in [1.165, 1.54) is 28.6 Å². The molecule has 0 aromatic carbocycles. The van der Waals surface area contributed by atoms with Crippen LogP contribution < -0.4 is 0 Å². The van der Waals surface area contributed by atoms with E-state index in [0.29, 0.717) is 5.88 Å². The van der Waals surface area contributed by atoms with Crippen LogP contribution in [0.25, 0.3) is 0 Å². The van der Waals surface area contributed by atoms with Crippen LogP contribution in [0, 0.1) is 10.1 Å². The Morgan fingerprint density at radius 1 is 1.65 bits per heavy atom. The molecule has 1 rings (SSSR count). The van der Waals surface area contributed by atoms with Crippen molar-refractivity contribution in [3.05, 3.63) is 27.9 Å². The highest BCUT2D eigenvalue weighted by Gasteiger charge is 2.25. The number of nitrogens with zero attached hydrogens (tertiary/aromatic N) is 3. The molecule has 1 unspecified atom stereocenters. The van der Waals surface area contributed by atoms with E-state index in [0.717, 1.165) is 0 Å².